The summed E-state index contributed by atoms with van der Waals surface area (Å²) in [7, 11) is 0. The molecule has 2 N–H and O–H groups in total. The van der Waals surface area contributed by atoms with Gasteiger partial charge in [-0.15, -0.1) is 0 Å². The molecule has 0 spiro atoms. The summed E-state index contributed by atoms with van der Waals surface area (Å²) in [5.74, 6) is 0.348. The molecule has 0 fully saturated rings. The van der Waals surface area contributed by atoms with E-state index in [1.165, 1.54) is 18.2 Å². The van der Waals surface area contributed by atoms with Crippen molar-refractivity contribution >= 4 is 28.9 Å². The number of nitrogens with one attached hydrogen (secondary N) is 2. The van der Waals surface area contributed by atoms with Gasteiger partial charge in [-0.3, -0.25) is 20.2 Å². The van der Waals surface area contributed by atoms with E-state index in [1.54, 1.807) is 18.4 Å². The van der Waals surface area contributed by atoms with E-state index < -0.39 is 11.0 Å². The first-order valence-electron chi connectivity index (χ1n) is 8.10. The van der Waals surface area contributed by atoms with Gasteiger partial charge in [-0.2, -0.15) is 0 Å². The summed E-state index contributed by atoms with van der Waals surface area (Å²) < 4.78 is 5.29. The van der Waals surface area contributed by atoms with Crippen LogP contribution in [0.5, 0.6) is 0 Å². The Morgan fingerprint density at radius 1 is 1.15 bits per heavy atom. The van der Waals surface area contributed by atoms with Crippen LogP contribution in [0.1, 0.15) is 17.4 Å². The van der Waals surface area contributed by atoms with Crippen LogP contribution in [0.15, 0.2) is 71.3 Å². The first-order chi connectivity index (χ1) is 13.0. The second kappa shape index (κ2) is 8.48. The Bertz CT molecular complexity index is 929. The van der Waals surface area contributed by atoms with Gasteiger partial charge < -0.3 is 9.73 Å². The molecule has 1 aromatic heterocycles. The van der Waals surface area contributed by atoms with E-state index in [-0.39, 0.29) is 16.6 Å². The minimum Gasteiger partial charge on any atom is -0.468 e. The molecule has 2 aromatic carbocycles. The molecule has 3 rings (SSSR count). The molecule has 8 heteroatoms. The fourth-order valence-electron chi connectivity index (χ4n) is 2.55. The summed E-state index contributed by atoms with van der Waals surface area (Å²) in [5, 5.41) is 16.8. The van der Waals surface area contributed by atoms with Crippen LogP contribution in [0, 0.1) is 10.1 Å². The highest BCUT2D eigenvalue weighted by molar-refractivity contribution is 6.34. The van der Waals surface area contributed by atoms with Gasteiger partial charge in [0.1, 0.15) is 11.8 Å². The van der Waals surface area contributed by atoms with Crippen molar-refractivity contribution in [1.82, 2.24) is 5.32 Å². The van der Waals surface area contributed by atoms with Crippen molar-refractivity contribution in [2.24, 2.45) is 0 Å². The number of nitrogens with zero attached hydrogens (tertiary/aromatic N) is 1. The smallest absolute Gasteiger partial charge is 0.271 e. The minimum atomic E-state index is -0.664. The van der Waals surface area contributed by atoms with Crippen LogP contribution in [0.4, 0.5) is 11.4 Å². The fraction of sp³-hybridized carbons (Fsp3) is 0.105. The van der Waals surface area contributed by atoms with E-state index in [0.717, 1.165) is 5.56 Å². The number of hydrogen-bond acceptors (Lipinski definition) is 5. The summed E-state index contributed by atoms with van der Waals surface area (Å²) in [4.78, 5) is 23.1. The van der Waals surface area contributed by atoms with Gasteiger partial charge in [0.05, 0.1) is 28.4 Å². The third kappa shape index (κ3) is 4.72. The Morgan fingerprint density at radius 2 is 1.93 bits per heavy atom. The van der Waals surface area contributed by atoms with Crippen LogP contribution < -0.4 is 10.6 Å². The number of rotatable bonds is 7. The summed E-state index contributed by atoms with van der Waals surface area (Å²) in [6, 6.07) is 16.0. The molecule has 1 unspecified atom stereocenters. The Hall–Kier alpha value is -3.16. The van der Waals surface area contributed by atoms with E-state index in [4.69, 9.17) is 16.0 Å². The SMILES string of the molecule is O=C(Nc1ccc([N+](=O)[O-])cc1Cl)C(NCc1ccco1)c1ccccc1. The highest BCUT2D eigenvalue weighted by Crippen LogP contribution is 2.27. The van der Waals surface area contributed by atoms with Crippen molar-refractivity contribution in [3.8, 4) is 0 Å². The molecule has 1 amide bonds. The number of benzene rings is 2. The van der Waals surface area contributed by atoms with Gasteiger partial charge in [-0.25, -0.2) is 0 Å². The predicted octanol–water partition coefficient (Wildman–Crippen LogP) is 4.31. The highest BCUT2D eigenvalue weighted by atomic mass is 35.5. The molecule has 0 saturated carbocycles. The maximum atomic E-state index is 12.8. The molecule has 0 aliphatic rings. The average Bonchev–Trinajstić information content (AvgIpc) is 3.18. The van der Waals surface area contributed by atoms with Gasteiger partial charge in [0, 0.05) is 12.1 Å². The van der Waals surface area contributed by atoms with Gasteiger partial charge in [-0.05, 0) is 23.8 Å². The number of anilines is 1. The zero-order valence-electron chi connectivity index (χ0n) is 14.1. The molecule has 0 aliphatic carbocycles. The highest BCUT2D eigenvalue weighted by Gasteiger charge is 2.22. The van der Waals surface area contributed by atoms with E-state index >= 15 is 0 Å². The summed E-state index contributed by atoms with van der Waals surface area (Å²) in [6.07, 6.45) is 1.56. The zero-order valence-corrected chi connectivity index (χ0v) is 14.8. The van der Waals surface area contributed by atoms with Crippen molar-refractivity contribution in [3.05, 3.63) is 93.4 Å². The van der Waals surface area contributed by atoms with Gasteiger partial charge in [0.25, 0.3) is 5.69 Å². The van der Waals surface area contributed by atoms with Gasteiger partial charge in [0.15, 0.2) is 0 Å². The van der Waals surface area contributed by atoms with Crippen LogP contribution >= 0.6 is 11.6 Å². The number of amides is 1. The summed E-state index contributed by atoms with van der Waals surface area (Å²) in [5.41, 5.74) is 0.918. The lowest BCUT2D eigenvalue weighted by Crippen LogP contribution is -2.32. The van der Waals surface area contributed by atoms with Crippen molar-refractivity contribution < 1.29 is 14.1 Å². The number of nitro benzene ring substituents is 1. The fourth-order valence-corrected chi connectivity index (χ4v) is 2.77. The molecule has 7 nitrogen and oxygen atoms in total. The third-order valence-electron chi connectivity index (χ3n) is 3.88. The quantitative estimate of drug-likeness (QED) is 0.466. The summed E-state index contributed by atoms with van der Waals surface area (Å²) in [6.45, 7) is 0.355. The topological polar surface area (TPSA) is 97.4 Å². The Kier molecular flexibility index (Phi) is 5.85. The molecular weight excluding hydrogens is 370 g/mol. The molecule has 0 aliphatic heterocycles. The molecule has 27 heavy (non-hydrogen) atoms. The van der Waals surface area contributed by atoms with E-state index in [2.05, 4.69) is 10.6 Å². The molecule has 1 atom stereocenters. The maximum absolute atomic E-state index is 12.8. The van der Waals surface area contributed by atoms with Gasteiger partial charge >= 0.3 is 0 Å². The van der Waals surface area contributed by atoms with Crippen molar-refractivity contribution in [2.45, 2.75) is 12.6 Å². The van der Waals surface area contributed by atoms with Crippen LogP contribution in [0.2, 0.25) is 5.02 Å². The first kappa shape index (κ1) is 18.6. The zero-order chi connectivity index (χ0) is 19.2. The lowest BCUT2D eigenvalue weighted by Gasteiger charge is -2.19. The number of non-ortho nitro benzene ring substituents is 1. The van der Waals surface area contributed by atoms with Gasteiger partial charge in [-0.1, -0.05) is 41.9 Å². The molecule has 1 heterocycles. The molecule has 138 valence electrons. The van der Waals surface area contributed by atoms with Crippen LogP contribution in [-0.2, 0) is 11.3 Å². The van der Waals surface area contributed by atoms with Crippen LogP contribution in [-0.4, -0.2) is 10.8 Å². The normalized spacial score (nSPS) is 11.7. The molecule has 0 bridgehead atoms. The Morgan fingerprint density at radius 3 is 2.56 bits per heavy atom. The Labute approximate surface area is 160 Å². The van der Waals surface area contributed by atoms with E-state index in [0.29, 0.717) is 18.0 Å². The summed E-state index contributed by atoms with van der Waals surface area (Å²) >= 11 is 6.07. The number of nitro groups is 1. The lowest BCUT2D eigenvalue weighted by molar-refractivity contribution is -0.384. The standard InChI is InChI=1S/C19H16ClN3O4/c20-16-11-14(23(25)26)8-9-17(16)22-19(24)18(13-5-2-1-3-6-13)21-12-15-7-4-10-27-15/h1-11,18,21H,12H2,(H,22,24). The largest absolute Gasteiger partial charge is 0.468 e. The molecule has 3 aromatic rings. The molecular formula is C19H16ClN3O4. The van der Waals surface area contributed by atoms with Crippen molar-refractivity contribution in [1.29, 1.82) is 0 Å². The number of carbonyl (C=O) groups is 1. The Balaban J connectivity index is 1.79. The van der Waals surface area contributed by atoms with Crippen molar-refractivity contribution in [3.63, 3.8) is 0 Å². The predicted molar refractivity (Wildman–Crippen MR) is 101 cm³/mol. The molecule has 0 saturated heterocycles. The van der Waals surface area contributed by atoms with Crippen molar-refractivity contribution in [2.75, 3.05) is 5.32 Å². The van der Waals surface area contributed by atoms with Crippen LogP contribution in [0.25, 0.3) is 0 Å². The van der Waals surface area contributed by atoms with E-state index in [1.807, 2.05) is 30.3 Å². The average molecular weight is 386 g/mol. The van der Waals surface area contributed by atoms with E-state index in [9.17, 15) is 14.9 Å². The second-order valence-electron chi connectivity index (χ2n) is 5.71. The van der Waals surface area contributed by atoms with Gasteiger partial charge in [0.2, 0.25) is 5.91 Å². The number of halogens is 1. The first-order valence-corrected chi connectivity index (χ1v) is 8.48. The number of carbonyl (C=O) groups excluding carboxylic acids is 1. The minimum absolute atomic E-state index is 0.0930. The monoisotopic (exact) mass is 385 g/mol. The van der Waals surface area contributed by atoms with Crippen LogP contribution in [0.3, 0.4) is 0 Å². The maximum Gasteiger partial charge on any atom is 0.271 e. The number of hydrogen-bond donors (Lipinski definition) is 2. The lowest BCUT2D eigenvalue weighted by atomic mass is 10.1. The third-order valence-corrected chi connectivity index (χ3v) is 4.19. The number of furan rings is 1. The second-order valence-corrected chi connectivity index (χ2v) is 6.12. The molecule has 0 radical (unpaired) electrons.